The maximum Gasteiger partial charge on any atom is 0.139 e. The van der Waals surface area contributed by atoms with Crippen LogP contribution >= 0.6 is 0 Å². The molecule has 0 aliphatic heterocycles. The molecule has 0 fully saturated rings. The fourth-order valence-corrected chi connectivity index (χ4v) is 1.59. The molecule has 0 unspecified atom stereocenters. The summed E-state index contributed by atoms with van der Waals surface area (Å²) in [7, 11) is 0. The Bertz CT molecular complexity index is 445. The van der Waals surface area contributed by atoms with Gasteiger partial charge in [0, 0.05) is 23.2 Å². The molecule has 3 heteroatoms. The summed E-state index contributed by atoms with van der Waals surface area (Å²) in [6.07, 6.45) is 4.59. The predicted octanol–water partition coefficient (Wildman–Crippen LogP) is 2.61. The van der Waals surface area contributed by atoms with E-state index in [4.69, 9.17) is 10.2 Å². The standard InChI is InChI=1S/C11H14N2O/c1-7(2)3-8-6-14-10-4-11(12)13-5-9(8)10/h4-7H,3H2,1-2H3,(H2,12,13). The van der Waals surface area contributed by atoms with Crippen LogP contribution in [0, 0.1) is 5.92 Å². The minimum Gasteiger partial charge on any atom is -0.464 e. The Balaban J connectivity index is 2.47. The molecule has 14 heavy (non-hydrogen) atoms. The van der Waals surface area contributed by atoms with Crippen LogP contribution in [0.15, 0.2) is 22.9 Å². The first-order valence-corrected chi connectivity index (χ1v) is 4.78. The second-order valence-electron chi connectivity index (χ2n) is 3.96. The zero-order chi connectivity index (χ0) is 10.1. The van der Waals surface area contributed by atoms with E-state index >= 15 is 0 Å². The summed E-state index contributed by atoms with van der Waals surface area (Å²) < 4.78 is 5.41. The fourth-order valence-electron chi connectivity index (χ4n) is 1.59. The van der Waals surface area contributed by atoms with Gasteiger partial charge in [0.2, 0.25) is 0 Å². The first-order valence-electron chi connectivity index (χ1n) is 4.78. The Morgan fingerprint density at radius 2 is 2.29 bits per heavy atom. The van der Waals surface area contributed by atoms with Crippen molar-refractivity contribution in [1.29, 1.82) is 0 Å². The van der Waals surface area contributed by atoms with Crippen molar-refractivity contribution in [3.05, 3.63) is 24.1 Å². The number of aromatic nitrogens is 1. The van der Waals surface area contributed by atoms with E-state index in [1.807, 2.05) is 0 Å². The van der Waals surface area contributed by atoms with Gasteiger partial charge in [0.05, 0.1) is 6.26 Å². The lowest BCUT2D eigenvalue weighted by atomic mass is 10.0. The van der Waals surface area contributed by atoms with Gasteiger partial charge in [-0.1, -0.05) is 13.8 Å². The van der Waals surface area contributed by atoms with Crippen LogP contribution in [0.2, 0.25) is 0 Å². The molecule has 3 nitrogen and oxygen atoms in total. The summed E-state index contributed by atoms with van der Waals surface area (Å²) in [6.45, 7) is 4.37. The Morgan fingerprint density at radius 1 is 1.50 bits per heavy atom. The van der Waals surface area contributed by atoms with Crippen LogP contribution in [0.5, 0.6) is 0 Å². The summed E-state index contributed by atoms with van der Waals surface area (Å²) in [4.78, 5) is 4.07. The Hall–Kier alpha value is -1.51. The van der Waals surface area contributed by atoms with E-state index in [0.717, 1.165) is 17.4 Å². The highest BCUT2D eigenvalue weighted by Crippen LogP contribution is 2.23. The van der Waals surface area contributed by atoms with E-state index < -0.39 is 0 Å². The molecule has 74 valence electrons. The topological polar surface area (TPSA) is 52.0 Å². The molecule has 2 aromatic rings. The van der Waals surface area contributed by atoms with Crippen LogP contribution in [-0.4, -0.2) is 4.98 Å². The van der Waals surface area contributed by atoms with Gasteiger partial charge >= 0.3 is 0 Å². The van der Waals surface area contributed by atoms with E-state index in [-0.39, 0.29) is 0 Å². The van der Waals surface area contributed by atoms with Gasteiger partial charge in [0.15, 0.2) is 0 Å². The number of nitrogens with zero attached hydrogens (tertiary/aromatic N) is 1. The molecule has 0 amide bonds. The van der Waals surface area contributed by atoms with Crippen molar-refractivity contribution in [3.8, 4) is 0 Å². The Labute approximate surface area is 82.9 Å². The minimum absolute atomic E-state index is 0.503. The second kappa shape index (κ2) is 3.33. The lowest BCUT2D eigenvalue weighted by Crippen LogP contribution is -1.93. The van der Waals surface area contributed by atoms with Gasteiger partial charge in [-0.05, 0) is 12.3 Å². The number of nitrogens with two attached hydrogens (primary N) is 1. The normalized spacial score (nSPS) is 11.4. The number of furan rings is 1. The van der Waals surface area contributed by atoms with E-state index in [9.17, 15) is 0 Å². The fraction of sp³-hybridized carbons (Fsp3) is 0.364. The zero-order valence-electron chi connectivity index (χ0n) is 8.45. The highest BCUT2D eigenvalue weighted by Gasteiger charge is 2.07. The highest BCUT2D eigenvalue weighted by atomic mass is 16.3. The Morgan fingerprint density at radius 3 is 3.00 bits per heavy atom. The van der Waals surface area contributed by atoms with E-state index in [0.29, 0.717) is 11.7 Å². The van der Waals surface area contributed by atoms with Crippen LogP contribution in [0.3, 0.4) is 0 Å². The average molecular weight is 190 g/mol. The van der Waals surface area contributed by atoms with Crippen LogP contribution in [0.25, 0.3) is 11.0 Å². The summed E-state index contributed by atoms with van der Waals surface area (Å²) in [6, 6.07) is 1.76. The molecule has 2 rings (SSSR count). The Kier molecular flexibility index (Phi) is 2.15. The zero-order valence-corrected chi connectivity index (χ0v) is 8.45. The van der Waals surface area contributed by atoms with E-state index in [1.54, 1.807) is 18.5 Å². The van der Waals surface area contributed by atoms with Crippen molar-refractivity contribution < 1.29 is 4.42 Å². The number of fused-ring (bicyclic) bond motifs is 1. The van der Waals surface area contributed by atoms with Crippen molar-refractivity contribution >= 4 is 16.8 Å². The maximum atomic E-state index is 5.56. The smallest absolute Gasteiger partial charge is 0.139 e. The van der Waals surface area contributed by atoms with Gasteiger partial charge in [0.1, 0.15) is 11.4 Å². The molecule has 0 radical (unpaired) electrons. The largest absolute Gasteiger partial charge is 0.464 e. The van der Waals surface area contributed by atoms with E-state index in [1.165, 1.54) is 5.56 Å². The van der Waals surface area contributed by atoms with Crippen molar-refractivity contribution in [3.63, 3.8) is 0 Å². The first kappa shape index (κ1) is 9.06. The number of rotatable bonds is 2. The summed E-state index contributed by atoms with van der Waals surface area (Å²) in [5, 5.41) is 1.08. The lowest BCUT2D eigenvalue weighted by molar-refractivity contribution is 0.594. The molecule has 0 spiro atoms. The molecule has 0 atom stereocenters. The van der Waals surface area contributed by atoms with Crippen molar-refractivity contribution in [1.82, 2.24) is 4.98 Å². The van der Waals surface area contributed by atoms with Crippen molar-refractivity contribution in [2.45, 2.75) is 20.3 Å². The molecule has 2 aromatic heterocycles. The number of pyridine rings is 1. The molecule has 0 bridgehead atoms. The third-order valence-electron chi connectivity index (χ3n) is 2.19. The van der Waals surface area contributed by atoms with Gasteiger partial charge in [-0.25, -0.2) is 4.98 Å². The number of anilines is 1. The third-order valence-corrected chi connectivity index (χ3v) is 2.19. The SMILES string of the molecule is CC(C)Cc1coc2cc(N)ncc12. The summed E-state index contributed by atoms with van der Waals surface area (Å²) in [5.74, 6) is 1.12. The summed E-state index contributed by atoms with van der Waals surface area (Å²) in [5.41, 5.74) is 7.60. The summed E-state index contributed by atoms with van der Waals surface area (Å²) >= 11 is 0. The van der Waals surface area contributed by atoms with Gasteiger partial charge in [0.25, 0.3) is 0 Å². The molecule has 2 N–H and O–H groups in total. The van der Waals surface area contributed by atoms with Crippen LogP contribution in [0.4, 0.5) is 5.82 Å². The minimum atomic E-state index is 0.503. The molecular formula is C11H14N2O. The second-order valence-corrected chi connectivity index (χ2v) is 3.96. The van der Waals surface area contributed by atoms with Crippen LogP contribution < -0.4 is 5.73 Å². The number of nitrogen functional groups attached to an aromatic ring is 1. The third kappa shape index (κ3) is 1.58. The maximum absolute atomic E-state index is 5.56. The first-order chi connectivity index (χ1) is 6.66. The quantitative estimate of drug-likeness (QED) is 0.791. The molecule has 0 aliphatic carbocycles. The lowest BCUT2D eigenvalue weighted by Gasteiger charge is -2.01. The average Bonchev–Trinajstić information content (AvgIpc) is 2.47. The highest BCUT2D eigenvalue weighted by molar-refractivity contribution is 5.81. The molecule has 2 heterocycles. The number of hydrogen-bond donors (Lipinski definition) is 1. The van der Waals surface area contributed by atoms with Gasteiger partial charge in [-0.15, -0.1) is 0 Å². The number of hydrogen-bond acceptors (Lipinski definition) is 3. The molecular weight excluding hydrogens is 176 g/mol. The molecule has 0 saturated carbocycles. The predicted molar refractivity (Wildman–Crippen MR) is 57.0 cm³/mol. The molecule has 0 aromatic carbocycles. The van der Waals surface area contributed by atoms with Crippen molar-refractivity contribution in [2.75, 3.05) is 5.73 Å². The van der Waals surface area contributed by atoms with Crippen LogP contribution in [0.1, 0.15) is 19.4 Å². The van der Waals surface area contributed by atoms with Gasteiger partial charge < -0.3 is 10.2 Å². The molecule has 0 saturated heterocycles. The molecule has 0 aliphatic rings. The van der Waals surface area contributed by atoms with Gasteiger partial charge in [-0.2, -0.15) is 0 Å². The monoisotopic (exact) mass is 190 g/mol. The van der Waals surface area contributed by atoms with E-state index in [2.05, 4.69) is 18.8 Å². The van der Waals surface area contributed by atoms with Crippen LogP contribution in [-0.2, 0) is 6.42 Å². The van der Waals surface area contributed by atoms with Crippen molar-refractivity contribution in [2.24, 2.45) is 5.92 Å². The van der Waals surface area contributed by atoms with Gasteiger partial charge in [-0.3, -0.25) is 0 Å².